The van der Waals surface area contributed by atoms with E-state index < -0.39 is 17.7 Å². The van der Waals surface area contributed by atoms with Crippen LogP contribution in [0.4, 0.5) is 5.13 Å². The van der Waals surface area contributed by atoms with Crippen LogP contribution in [0.5, 0.6) is 17.2 Å². The van der Waals surface area contributed by atoms with E-state index in [1.807, 2.05) is 39.0 Å². The van der Waals surface area contributed by atoms with E-state index in [2.05, 4.69) is 4.98 Å². The molecule has 0 bridgehead atoms. The summed E-state index contributed by atoms with van der Waals surface area (Å²) in [7, 11) is 0. The van der Waals surface area contributed by atoms with Gasteiger partial charge in [-0.05, 0) is 68.3 Å². The van der Waals surface area contributed by atoms with Crippen LogP contribution < -0.4 is 19.1 Å². The lowest BCUT2D eigenvalue weighted by atomic mass is 9.95. The molecular weight excluding hydrogens is 528 g/mol. The summed E-state index contributed by atoms with van der Waals surface area (Å²) in [6.07, 6.45) is 0.827. The molecule has 1 aromatic heterocycles. The van der Waals surface area contributed by atoms with Gasteiger partial charge in [0.2, 0.25) is 0 Å². The van der Waals surface area contributed by atoms with Crippen molar-refractivity contribution in [2.24, 2.45) is 0 Å². The number of nitrogens with zero attached hydrogens (tertiary/aromatic N) is 2. The lowest BCUT2D eigenvalue weighted by Crippen LogP contribution is -2.29. The molecule has 1 aliphatic heterocycles. The summed E-state index contributed by atoms with van der Waals surface area (Å²) in [6.45, 7) is 7.35. The number of thiazole rings is 1. The molecule has 1 saturated heterocycles. The van der Waals surface area contributed by atoms with Gasteiger partial charge in [0, 0.05) is 5.56 Å². The van der Waals surface area contributed by atoms with Gasteiger partial charge in [-0.1, -0.05) is 42.5 Å². The Balaban J connectivity index is 1.65. The molecule has 0 radical (unpaired) electrons. The first-order chi connectivity index (χ1) is 19.4. The van der Waals surface area contributed by atoms with Crippen molar-refractivity contribution in [2.75, 3.05) is 24.7 Å². The van der Waals surface area contributed by atoms with Crippen LogP contribution >= 0.6 is 11.3 Å². The Morgan fingerprint density at radius 2 is 1.60 bits per heavy atom. The Hall–Kier alpha value is -4.37. The maximum Gasteiger partial charge on any atom is 0.301 e. The molecule has 0 spiro atoms. The number of aliphatic hydroxyl groups is 1. The van der Waals surface area contributed by atoms with Crippen molar-refractivity contribution in [3.05, 3.63) is 83.4 Å². The predicted molar refractivity (Wildman–Crippen MR) is 155 cm³/mol. The van der Waals surface area contributed by atoms with Crippen LogP contribution in [-0.4, -0.2) is 41.6 Å². The number of benzene rings is 3. The second-order valence-corrected chi connectivity index (χ2v) is 10.1. The first-order valence-electron chi connectivity index (χ1n) is 13.3. The zero-order valence-electron chi connectivity index (χ0n) is 22.5. The topological polar surface area (TPSA) is 98.2 Å². The molecule has 40 heavy (non-hydrogen) atoms. The van der Waals surface area contributed by atoms with Gasteiger partial charge in [-0.3, -0.25) is 14.5 Å². The van der Waals surface area contributed by atoms with E-state index in [-0.39, 0.29) is 11.3 Å². The van der Waals surface area contributed by atoms with E-state index in [1.165, 1.54) is 16.2 Å². The van der Waals surface area contributed by atoms with Crippen LogP contribution in [-0.2, 0) is 9.59 Å². The van der Waals surface area contributed by atoms with Gasteiger partial charge in [-0.25, -0.2) is 4.98 Å². The van der Waals surface area contributed by atoms with Crippen LogP contribution in [0.15, 0.2) is 72.3 Å². The summed E-state index contributed by atoms with van der Waals surface area (Å²) in [5, 5.41) is 11.8. The lowest BCUT2D eigenvalue weighted by molar-refractivity contribution is -0.132. The van der Waals surface area contributed by atoms with Gasteiger partial charge in [0.25, 0.3) is 5.78 Å². The zero-order chi connectivity index (χ0) is 28.2. The summed E-state index contributed by atoms with van der Waals surface area (Å²) in [5.41, 5.74) is 1.68. The van der Waals surface area contributed by atoms with Gasteiger partial charge in [0.1, 0.15) is 23.0 Å². The smallest absolute Gasteiger partial charge is 0.301 e. The number of ether oxygens (including phenoxy) is 3. The molecule has 1 aliphatic rings. The first kappa shape index (κ1) is 27.2. The van der Waals surface area contributed by atoms with Crippen LogP contribution in [0.3, 0.4) is 0 Å². The van der Waals surface area contributed by atoms with Crippen LogP contribution in [0.2, 0.25) is 0 Å². The Labute approximate surface area is 236 Å². The highest BCUT2D eigenvalue weighted by Crippen LogP contribution is 2.45. The van der Waals surface area contributed by atoms with E-state index in [4.69, 9.17) is 14.2 Å². The Morgan fingerprint density at radius 1 is 0.900 bits per heavy atom. The highest BCUT2D eigenvalue weighted by atomic mass is 32.1. The van der Waals surface area contributed by atoms with Gasteiger partial charge in [0.05, 0.1) is 41.7 Å². The average molecular weight is 559 g/mol. The van der Waals surface area contributed by atoms with E-state index in [9.17, 15) is 14.7 Å². The lowest BCUT2D eigenvalue weighted by Gasteiger charge is -2.23. The molecule has 0 aliphatic carbocycles. The van der Waals surface area contributed by atoms with Crippen LogP contribution in [0.25, 0.3) is 16.0 Å². The molecule has 206 valence electrons. The van der Waals surface area contributed by atoms with Gasteiger partial charge < -0.3 is 19.3 Å². The second kappa shape index (κ2) is 11.8. The third-order valence-electron chi connectivity index (χ3n) is 6.40. The van der Waals surface area contributed by atoms with Gasteiger partial charge in [-0.2, -0.15) is 0 Å². The molecule has 5 rings (SSSR count). The Kier molecular flexibility index (Phi) is 8.02. The molecule has 1 unspecified atom stereocenters. The molecule has 8 nitrogen and oxygen atoms in total. The number of fused-ring (bicyclic) bond motifs is 1. The molecule has 1 fully saturated rings. The number of carbonyl (C=O) groups excluding carboxylic acids is 2. The van der Waals surface area contributed by atoms with E-state index >= 15 is 0 Å². The number of aliphatic hydroxyl groups excluding tert-OH is 1. The summed E-state index contributed by atoms with van der Waals surface area (Å²) >= 11 is 1.28. The molecule has 4 aromatic rings. The molecule has 3 aromatic carbocycles. The third kappa shape index (κ3) is 5.24. The van der Waals surface area contributed by atoms with Crippen molar-refractivity contribution in [2.45, 2.75) is 33.2 Å². The molecular formula is C31H30N2O6S. The van der Waals surface area contributed by atoms with Crippen LogP contribution in [0.1, 0.15) is 44.4 Å². The maximum atomic E-state index is 13.6. The second-order valence-electron chi connectivity index (χ2n) is 9.11. The molecule has 1 amide bonds. The van der Waals surface area contributed by atoms with E-state index in [1.54, 1.807) is 48.5 Å². The fourth-order valence-corrected chi connectivity index (χ4v) is 5.64. The number of Topliss-reactive ketones (excluding diaryl/α,β-unsaturated/α-hetero) is 1. The van der Waals surface area contributed by atoms with Crippen molar-refractivity contribution in [1.29, 1.82) is 0 Å². The van der Waals surface area contributed by atoms with Crippen molar-refractivity contribution >= 4 is 44.1 Å². The Morgan fingerprint density at radius 3 is 2.33 bits per heavy atom. The third-order valence-corrected chi connectivity index (χ3v) is 7.41. The van der Waals surface area contributed by atoms with Crippen molar-refractivity contribution in [1.82, 2.24) is 4.98 Å². The van der Waals surface area contributed by atoms with Crippen LogP contribution in [0, 0.1) is 0 Å². The summed E-state index contributed by atoms with van der Waals surface area (Å²) < 4.78 is 17.8. The predicted octanol–water partition coefficient (Wildman–Crippen LogP) is 6.51. The molecule has 0 saturated carbocycles. The van der Waals surface area contributed by atoms with E-state index in [0.717, 1.165) is 11.1 Å². The van der Waals surface area contributed by atoms with Gasteiger partial charge in [0.15, 0.2) is 5.13 Å². The number of ketones is 1. The normalized spacial score (nSPS) is 16.5. The highest BCUT2D eigenvalue weighted by molar-refractivity contribution is 7.22. The van der Waals surface area contributed by atoms with Gasteiger partial charge >= 0.3 is 5.91 Å². The number of amides is 1. The minimum absolute atomic E-state index is 0.0175. The molecule has 1 N–H and O–H groups in total. The summed E-state index contributed by atoms with van der Waals surface area (Å²) in [6, 6.07) is 18.6. The highest BCUT2D eigenvalue weighted by Gasteiger charge is 2.48. The minimum atomic E-state index is -0.900. The fourth-order valence-electron chi connectivity index (χ4n) is 4.62. The fraction of sp³-hybridized carbons (Fsp3) is 0.258. The summed E-state index contributed by atoms with van der Waals surface area (Å²) in [5.74, 6) is 0.0943. The standard InChI is InChI=1S/C31H30N2O6S/c1-4-16-39-22-9-7-8-20(17-22)28(34)26-27(19-10-12-21(13-11-19)37-5-2)33(30(36)29(26)35)31-32-24-15-14-23(38-6-3)18-25(24)40-31/h7-15,17-18,27,34H,4-6,16H2,1-3H3/b28-26+. The maximum absolute atomic E-state index is 13.6. The zero-order valence-corrected chi connectivity index (χ0v) is 23.4. The molecule has 2 heterocycles. The number of carbonyl (C=O) groups is 2. The number of hydrogen-bond acceptors (Lipinski definition) is 8. The van der Waals surface area contributed by atoms with Crippen molar-refractivity contribution in [3.8, 4) is 17.2 Å². The Bertz CT molecular complexity index is 1580. The quantitative estimate of drug-likeness (QED) is 0.135. The number of rotatable bonds is 10. The average Bonchev–Trinajstić information content (AvgIpc) is 3.50. The van der Waals surface area contributed by atoms with E-state index in [0.29, 0.717) is 58.8 Å². The first-order valence-corrected chi connectivity index (χ1v) is 14.1. The largest absolute Gasteiger partial charge is 0.507 e. The van der Waals surface area contributed by atoms with Crippen molar-refractivity contribution in [3.63, 3.8) is 0 Å². The number of hydrogen-bond donors (Lipinski definition) is 1. The monoisotopic (exact) mass is 558 g/mol. The minimum Gasteiger partial charge on any atom is -0.507 e. The van der Waals surface area contributed by atoms with Crippen molar-refractivity contribution < 1.29 is 28.9 Å². The molecule has 9 heteroatoms. The molecule has 1 atom stereocenters. The summed E-state index contributed by atoms with van der Waals surface area (Å²) in [4.78, 5) is 33.2. The SMILES string of the molecule is CCCOc1cccc(/C(O)=C2\C(=O)C(=O)N(c3nc4ccc(OCC)cc4s3)C2c2ccc(OCC)cc2)c1. The number of anilines is 1. The number of aromatic nitrogens is 1. The van der Waals surface area contributed by atoms with Gasteiger partial charge in [-0.15, -0.1) is 0 Å².